The van der Waals surface area contributed by atoms with Crippen LogP contribution in [0.3, 0.4) is 0 Å². The van der Waals surface area contributed by atoms with E-state index in [0.29, 0.717) is 6.04 Å². The lowest BCUT2D eigenvalue weighted by Crippen LogP contribution is -2.34. The number of rotatable bonds is 2. The lowest BCUT2D eigenvalue weighted by molar-refractivity contribution is 0.338. The predicted molar refractivity (Wildman–Crippen MR) is 72.0 cm³/mol. The smallest absolute Gasteiger partial charge is 0.0328 e. The molecule has 2 aliphatic rings. The molecule has 0 amide bonds. The van der Waals surface area contributed by atoms with Crippen molar-refractivity contribution in [3.63, 3.8) is 0 Å². The molecule has 4 unspecified atom stereocenters. The Kier molecular flexibility index (Phi) is 2.96. The number of aryl methyl sites for hydroxylation is 1. The molecule has 3 rings (SSSR count). The van der Waals surface area contributed by atoms with Crippen molar-refractivity contribution in [3.05, 3.63) is 35.4 Å². The minimum absolute atomic E-state index is 0.615. The van der Waals surface area contributed by atoms with Crippen LogP contribution < -0.4 is 5.32 Å². The largest absolute Gasteiger partial charge is 0.307 e. The van der Waals surface area contributed by atoms with Crippen LogP contribution >= 0.6 is 0 Å². The summed E-state index contributed by atoms with van der Waals surface area (Å²) < 4.78 is 0. The van der Waals surface area contributed by atoms with Gasteiger partial charge in [-0.2, -0.15) is 0 Å². The van der Waals surface area contributed by atoms with Crippen LogP contribution in [0.25, 0.3) is 0 Å². The van der Waals surface area contributed by atoms with E-state index in [1.165, 1.54) is 25.7 Å². The second kappa shape index (κ2) is 4.45. The van der Waals surface area contributed by atoms with Crippen molar-refractivity contribution in [2.45, 2.75) is 51.6 Å². The first kappa shape index (κ1) is 11.3. The number of fused-ring (bicyclic) bond motifs is 1. The first-order valence-corrected chi connectivity index (χ1v) is 7.09. The van der Waals surface area contributed by atoms with Gasteiger partial charge in [0.15, 0.2) is 0 Å². The van der Waals surface area contributed by atoms with Gasteiger partial charge in [-0.15, -0.1) is 0 Å². The number of hydrogen-bond donors (Lipinski definition) is 1. The van der Waals surface area contributed by atoms with Gasteiger partial charge >= 0.3 is 0 Å². The maximum atomic E-state index is 3.91. The fourth-order valence-corrected chi connectivity index (χ4v) is 3.59. The highest BCUT2D eigenvalue weighted by molar-refractivity contribution is 5.34. The highest BCUT2D eigenvalue weighted by atomic mass is 15.0. The summed E-state index contributed by atoms with van der Waals surface area (Å²) in [6, 6.07) is 10.3. The summed E-state index contributed by atoms with van der Waals surface area (Å²) in [5, 5.41) is 3.91. The molecule has 2 aliphatic carbocycles. The Morgan fingerprint density at radius 1 is 1.06 bits per heavy atom. The Labute approximate surface area is 105 Å². The van der Waals surface area contributed by atoms with Gasteiger partial charge in [0.05, 0.1) is 0 Å². The quantitative estimate of drug-likeness (QED) is 0.815. The Morgan fingerprint density at radius 2 is 1.88 bits per heavy atom. The zero-order valence-electron chi connectivity index (χ0n) is 10.9. The van der Waals surface area contributed by atoms with Crippen LogP contribution in [0.5, 0.6) is 0 Å². The summed E-state index contributed by atoms with van der Waals surface area (Å²) in [6.07, 6.45) is 5.30. The van der Waals surface area contributed by atoms with Crippen LogP contribution in [-0.4, -0.2) is 6.04 Å². The van der Waals surface area contributed by atoms with Gasteiger partial charge < -0.3 is 5.32 Å². The third-order valence-corrected chi connectivity index (χ3v) is 5.01. The number of hydrogen-bond acceptors (Lipinski definition) is 1. The summed E-state index contributed by atoms with van der Waals surface area (Å²) in [5.41, 5.74) is 3.11. The highest BCUT2D eigenvalue weighted by Crippen LogP contribution is 2.36. The molecular formula is C16H23N. The van der Waals surface area contributed by atoms with E-state index < -0.39 is 0 Å². The van der Waals surface area contributed by atoms with Gasteiger partial charge in [-0.3, -0.25) is 0 Å². The van der Waals surface area contributed by atoms with E-state index in [1.54, 1.807) is 11.1 Å². The van der Waals surface area contributed by atoms with Gasteiger partial charge in [-0.05, 0) is 48.6 Å². The average molecular weight is 229 g/mol. The molecule has 0 heterocycles. The van der Waals surface area contributed by atoms with Gasteiger partial charge in [0, 0.05) is 12.1 Å². The fraction of sp³-hybridized carbons (Fsp3) is 0.625. The topological polar surface area (TPSA) is 12.0 Å². The van der Waals surface area contributed by atoms with Crippen molar-refractivity contribution >= 4 is 0 Å². The van der Waals surface area contributed by atoms with Crippen molar-refractivity contribution < 1.29 is 0 Å². The van der Waals surface area contributed by atoms with Crippen LogP contribution in [0, 0.1) is 11.8 Å². The number of benzene rings is 1. The first-order chi connectivity index (χ1) is 8.25. The maximum Gasteiger partial charge on any atom is 0.0328 e. The minimum atomic E-state index is 0.615. The lowest BCUT2D eigenvalue weighted by Gasteiger charge is -2.24. The van der Waals surface area contributed by atoms with E-state index in [4.69, 9.17) is 0 Å². The van der Waals surface area contributed by atoms with Crippen LogP contribution in [0.4, 0.5) is 0 Å². The van der Waals surface area contributed by atoms with E-state index in [-0.39, 0.29) is 0 Å². The molecule has 0 aliphatic heterocycles. The lowest BCUT2D eigenvalue weighted by atomic mass is 9.96. The van der Waals surface area contributed by atoms with E-state index in [1.807, 2.05) is 0 Å². The molecule has 0 aromatic heterocycles. The van der Waals surface area contributed by atoms with E-state index >= 15 is 0 Å². The van der Waals surface area contributed by atoms with Gasteiger partial charge in [-0.1, -0.05) is 38.1 Å². The molecule has 1 fully saturated rings. The zero-order chi connectivity index (χ0) is 11.8. The molecule has 1 aromatic carbocycles. The van der Waals surface area contributed by atoms with Crippen LogP contribution in [-0.2, 0) is 6.42 Å². The average Bonchev–Trinajstić information content (AvgIpc) is 2.89. The van der Waals surface area contributed by atoms with E-state index in [2.05, 4.69) is 43.4 Å². The van der Waals surface area contributed by atoms with Crippen LogP contribution in [0.2, 0.25) is 0 Å². The maximum absolute atomic E-state index is 3.91. The molecule has 1 saturated carbocycles. The first-order valence-electron chi connectivity index (χ1n) is 7.09. The van der Waals surface area contributed by atoms with Gasteiger partial charge in [0.25, 0.3) is 0 Å². The van der Waals surface area contributed by atoms with Crippen molar-refractivity contribution in [2.75, 3.05) is 0 Å². The predicted octanol–water partition coefficient (Wildman–Crippen LogP) is 3.70. The summed E-state index contributed by atoms with van der Waals surface area (Å²) in [6.45, 7) is 4.81. The van der Waals surface area contributed by atoms with Gasteiger partial charge in [0.1, 0.15) is 0 Å². The molecule has 4 atom stereocenters. The Hall–Kier alpha value is -0.820. The third-order valence-electron chi connectivity index (χ3n) is 5.01. The second-order valence-corrected chi connectivity index (χ2v) is 5.98. The third kappa shape index (κ3) is 2.01. The summed E-state index contributed by atoms with van der Waals surface area (Å²) in [5.74, 6) is 1.73. The highest BCUT2D eigenvalue weighted by Gasteiger charge is 2.32. The molecule has 0 bridgehead atoms. The molecular weight excluding hydrogens is 206 g/mol. The van der Waals surface area contributed by atoms with Gasteiger partial charge in [0.2, 0.25) is 0 Å². The van der Waals surface area contributed by atoms with Crippen molar-refractivity contribution in [2.24, 2.45) is 11.8 Å². The second-order valence-electron chi connectivity index (χ2n) is 5.98. The van der Waals surface area contributed by atoms with Crippen molar-refractivity contribution in [3.8, 4) is 0 Å². The van der Waals surface area contributed by atoms with Gasteiger partial charge in [-0.25, -0.2) is 0 Å². The van der Waals surface area contributed by atoms with Crippen LogP contribution in [0.1, 0.15) is 50.3 Å². The normalized spacial score (nSPS) is 36.1. The molecule has 92 valence electrons. The SMILES string of the molecule is CC1CCC(NC2CCc3ccccc32)C1C. The van der Waals surface area contributed by atoms with E-state index in [9.17, 15) is 0 Å². The monoisotopic (exact) mass is 229 g/mol. The molecule has 0 spiro atoms. The fourth-order valence-electron chi connectivity index (χ4n) is 3.59. The number of nitrogens with one attached hydrogen (secondary N) is 1. The molecule has 1 nitrogen and oxygen atoms in total. The summed E-state index contributed by atoms with van der Waals surface area (Å²) >= 11 is 0. The molecule has 1 aromatic rings. The molecule has 0 radical (unpaired) electrons. The summed E-state index contributed by atoms with van der Waals surface area (Å²) in [7, 11) is 0. The molecule has 0 saturated heterocycles. The Morgan fingerprint density at radius 3 is 2.65 bits per heavy atom. The van der Waals surface area contributed by atoms with Crippen LogP contribution in [0.15, 0.2) is 24.3 Å². The van der Waals surface area contributed by atoms with E-state index in [0.717, 1.165) is 17.9 Å². The Balaban J connectivity index is 1.72. The van der Waals surface area contributed by atoms with Crippen molar-refractivity contribution in [1.82, 2.24) is 5.32 Å². The molecule has 1 N–H and O–H groups in total. The minimum Gasteiger partial charge on any atom is -0.307 e. The van der Waals surface area contributed by atoms with Crippen molar-refractivity contribution in [1.29, 1.82) is 0 Å². The Bertz CT molecular complexity index is 398. The molecule has 17 heavy (non-hydrogen) atoms. The summed E-state index contributed by atoms with van der Waals surface area (Å²) in [4.78, 5) is 0. The molecule has 1 heteroatoms. The zero-order valence-corrected chi connectivity index (χ0v) is 10.9. The standard InChI is InChI=1S/C16H23N/c1-11-7-9-15(12(11)2)17-16-10-8-13-5-3-4-6-14(13)16/h3-6,11-12,15-17H,7-10H2,1-2H3.